The van der Waals surface area contributed by atoms with Crippen LogP contribution in [-0.2, 0) is 9.59 Å². The standard InChI is InChI=1S/C29H59N3O2S3/c1-4-5-6-7-8-9-10-11-12-13-14-15-16-17-18-23-32(24-19-28(33)30-21-26-35-2)25-20-29(34)31-22-27-37-36-3/h4-27H2,1-3H3,(H,30,33)(H,31,34). The van der Waals surface area contributed by atoms with Crippen molar-refractivity contribution in [3.63, 3.8) is 0 Å². The van der Waals surface area contributed by atoms with Crippen molar-refractivity contribution in [2.45, 2.75) is 116 Å². The molecule has 37 heavy (non-hydrogen) atoms. The van der Waals surface area contributed by atoms with Crippen molar-refractivity contribution in [1.29, 1.82) is 0 Å². The zero-order chi connectivity index (χ0) is 27.2. The van der Waals surface area contributed by atoms with Crippen LogP contribution < -0.4 is 10.6 Å². The summed E-state index contributed by atoms with van der Waals surface area (Å²) in [5.74, 6) is 2.12. The summed E-state index contributed by atoms with van der Waals surface area (Å²) < 4.78 is 0. The average Bonchev–Trinajstić information content (AvgIpc) is 2.90. The maximum atomic E-state index is 12.2. The van der Waals surface area contributed by atoms with Gasteiger partial charge in [-0.1, -0.05) is 118 Å². The highest BCUT2D eigenvalue weighted by atomic mass is 33.1. The van der Waals surface area contributed by atoms with Crippen molar-refractivity contribution in [3.05, 3.63) is 0 Å². The Morgan fingerprint density at radius 1 is 0.595 bits per heavy atom. The normalized spacial score (nSPS) is 11.2. The summed E-state index contributed by atoms with van der Waals surface area (Å²) in [5.41, 5.74) is 0. The molecule has 0 aliphatic heterocycles. The van der Waals surface area contributed by atoms with E-state index in [1.165, 1.54) is 89.9 Å². The van der Waals surface area contributed by atoms with E-state index in [0.29, 0.717) is 12.8 Å². The third-order valence-electron chi connectivity index (χ3n) is 6.64. The van der Waals surface area contributed by atoms with Crippen LogP contribution in [-0.4, -0.2) is 73.5 Å². The van der Waals surface area contributed by atoms with Gasteiger partial charge in [0, 0.05) is 50.5 Å². The lowest BCUT2D eigenvalue weighted by molar-refractivity contribution is -0.121. The van der Waals surface area contributed by atoms with Gasteiger partial charge >= 0.3 is 0 Å². The summed E-state index contributed by atoms with van der Waals surface area (Å²) >= 11 is 1.74. The first-order valence-electron chi connectivity index (χ1n) is 15.0. The predicted octanol–water partition coefficient (Wildman–Crippen LogP) is 7.55. The van der Waals surface area contributed by atoms with Gasteiger partial charge in [0.1, 0.15) is 0 Å². The number of unbranched alkanes of at least 4 members (excludes halogenated alkanes) is 14. The van der Waals surface area contributed by atoms with Gasteiger partial charge in [-0.05, 0) is 25.5 Å². The van der Waals surface area contributed by atoms with Crippen LogP contribution in [0.15, 0.2) is 0 Å². The molecule has 0 unspecified atom stereocenters. The number of thioether (sulfide) groups is 1. The van der Waals surface area contributed by atoms with E-state index < -0.39 is 0 Å². The van der Waals surface area contributed by atoms with E-state index in [0.717, 1.165) is 50.7 Å². The van der Waals surface area contributed by atoms with Crippen molar-refractivity contribution in [2.75, 3.05) is 56.7 Å². The summed E-state index contributed by atoms with van der Waals surface area (Å²) in [5, 5.41) is 6.01. The van der Waals surface area contributed by atoms with Gasteiger partial charge in [-0.3, -0.25) is 9.59 Å². The van der Waals surface area contributed by atoms with Gasteiger partial charge in [-0.2, -0.15) is 11.8 Å². The molecule has 0 atom stereocenters. The molecule has 8 heteroatoms. The first-order valence-corrected chi connectivity index (χ1v) is 19.2. The monoisotopic (exact) mass is 577 g/mol. The van der Waals surface area contributed by atoms with E-state index in [4.69, 9.17) is 0 Å². The van der Waals surface area contributed by atoms with Gasteiger partial charge in [0.2, 0.25) is 11.8 Å². The topological polar surface area (TPSA) is 61.4 Å². The molecule has 0 spiro atoms. The molecule has 0 bridgehead atoms. The van der Waals surface area contributed by atoms with E-state index in [-0.39, 0.29) is 11.8 Å². The van der Waals surface area contributed by atoms with Gasteiger partial charge in [0.15, 0.2) is 0 Å². The molecule has 0 aromatic rings. The molecule has 0 saturated heterocycles. The maximum absolute atomic E-state index is 12.2. The minimum Gasteiger partial charge on any atom is -0.355 e. The zero-order valence-corrected chi connectivity index (χ0v) is 26.9. The number of hydrogen-bond donors (Lipinski definition) is 2. The van der Waals surface area contributed by atoms with Gasteiger partial charge in [-0.25, -0.2) is 0 Å². The molecule has 2 amide bonds. The van der Waals surface area contributed by atoms with E-state index >= 15 is 0 Å². The van der Waals surface area contributed by atoms with Gasteiger partial charge in [-0.15, -0.1) is 0 Å². The van der Waals surface area contributed by atoms with Crippen molar-refractivity contribution in [1.82, 2.24) is 15.5 Å². The Morgan fingerprint density at radius 3 is 1.46 bits per heavy atom. The van der Waals surface area contributed by atoms with Gasteiger partial charge in [0.05, 0.1) is 0 Å². The Bertz CT molecular complexity index is 513. The number of rotatable bonds is 29. The number of carbonyl (C=O) groups excluding carboxylic acids is 2. The third kappa shape index (κ3) is 28.8. The fourth-order valence-electron chi connectivity index (χ4n) is 4.35. The van der Waals surface area contributed by atoms with Crippen LogP contribution in [0.1, 0.15) is 116 Å². The number of nitrogens with one attached hydrogen (secondary N) is 2. The second-order valence-electron chi connectivity index (χ2n) is 9.97. The number of amides is 2. The van der Waals surface area contributed by atoms with E-state index in [1.54, 1.807) is 33.3 Å². The largest absolute Gasteiger partial charge is 0.355 e. The average molecular weight is 578 g/mol. The molecule has 0 aliphatic carbocycles. The minimum absolute atomic E-state index is 0.118. The highest BCUT2D eigenvalue weighted by molar-refractivity contribution is 8.76. The van der Waals surface area contributed by atoms with Crippen molar-refractivity contribution >= 4 is 45.2 Å². The Labute approximate surface area is 242 Å². The second kappa shape index (κ2) is 30.5. The lowest BCUT2D eigenvalue weighted by atomic mass is 10.0. The van der Waals surface area contributed by atoms with E-state index in [1.807, 2.05) is 0 Å². The molecule has 220 valence electrons. The van der Waals surface area contributed by atoms with Crippen LogP contribution >= 0.6 is 33.3 Å². The van der Waals surface area contributed by atoms with E-state index in [2.05, 4.69) is 35.0 Å². The number of carbonyl (C=O) groups is 2. The summed E-state index contributed by atoms with van der Waals surface area (Å²) in [4.78, 5) is 26.7. The summed E-state index contributed by atoms with van der Waals surface area (Å²) in [6, 6.07) is 0. The van der Waals surface area contributed by atoms with Crippen LogP contribution in [0.25, 0.3) is 0 Å². The van der Waals surface area contributed by atoms with Crippen LogP contribution in [0.3, 0.4) is 0 Å². The Hall–Kier alpha value is -0.0500. The van der Waals surface area contributed by atoms with Crippen LogP contribution in [0.4, 0.5) is 0 Å². The molecule has 0 fully saturated rings. The van der Waals surface area contributed by atoms with Crippen molar-refractivity contribution < 1.29 is 9.59 Å². The SMILES string of the molecule is CCCCCCCCCCCCCCCCCN(CCC(=O)NCCSC)CCC(=O)NCCSSC. The fraction of sp³-hybridized carbons (Fsp3) is 0.931. The maximum Gasteiger partial charge on any atom is 0.221 e. The minimum atomic E-state index is 0.118. The lowest BCUT2D eigenvalue weighted by Gasteiger charge is -2.22. The van der Waals surface area contributed by atoms with Crippen molar-refractivity contribution in [2.24, 2.45) is 0 Å². The molecule has 0 aromatic carbocycles. The number of nitrogens with zero attached hydrogens (tertiary/aromatic N) is 1. The molecule has 0 saturated carbocycles. The first kappa shape index (κ1) is 37.0. The second-order valence-corrected chi connectivity index (χ2v) is 13.6. The molecular weight excluding hydrogens is 519 g/mol. The third-order valence-corrected chi connectivity index (χ3v) is 9.07. The summed E-state index contributed by atoms with van der Waals surface area (Å²) in [7, 11) is 3.50. The molecule has 0 aromatic heterocycles. The molecular formula is C29H59N3O2S3. The van der Waals surface area contributed by atoms with E-state index in [9.17, 15) is 9.59 Å². The molecule has 2 N–H and O–H groups in total. The van der Waals surface area contributed by atoms with Crippen LogP contribution in [0.2, 0.25) is 0 Å². The highest BCUT2D eigenvalue weighted by Crippen LogP contribution is 2.15. The summed E-state index contributed by atoms with van der Waals surface area (Å²) in [6.45, 7) is 6.19. The smallest absolute Gasteiger partial charge is 0.221 e. The van der Waals surface area contributed by atoms with Crippen LogP contribution in [0.5, 0.6) is 0 Å². The fourth-order valence-corrected chi connectivity index (χ4v) is 5.75. The number of hydrogen-bond acceptors (Lipinski definition) is 6. The highest BCUT2D eigenvalue weighted by Gasteiger charge is 2.11. The van der Waals surface area contributed by atoms with Crippen LogP contribution in [0, 0.1) is 0 Å². The molecule has 0 heterocycles. The van der Waals surface area contributed by atoms with Gasteiger partial charge < -0.3 is 15.5 Å². The molecule has 0 aliphatic rings. The predicted molar refractivity (Wildman–Crippen MR) is 171 cm³/mol. The lowest BCUT2D eigenvalue weighted by Crippen LogP contribution is -2.35. The summed E-state index contributed by atoms with van der Waals surface area (Å²) in [6.07, 6.45) is 25.6. The molecule has 0 rings (SSSR count). The quantitative estimate of drug-likeness (QED) is 0.0707. The Morgan fingerprint density at radius 2 is 1.03 bits per heavy atom. The first-order chi connectivity index (χ1) is 18.1. The zero-order valence-electron chi connectivity index (χ0n) is 24.5. The van der Waals surface area contributed by atoms with Crippen molar-refractivity contribution in [3.8, 4) is 0 Å². The Kier molecular flexibility index (Phi) is 30.4. The Balaban J connectivity index is 3.95. The molecule has 5 nitrogen and oxygen atoms in total. The van der Waals surface area contributed by atoms with Gasteiger partial charge in [0.25, 0.3) is 0 Å². The molecule has 0 radical (unpaired) electrons.